The molecule has 3 heteroatoms. The molecule has 5 rings (SSSR count). The topological polar surface area (TPSA) is 24.8 Å². The molecular weight excluding hydrogens is 380 g/mol. The largest absolute Gasteiger partial charge is 0.359 e. The van der Waals surface area contributed by atoms with Gasteiger partial charge < -0.3 is 9.64 Å². The van der Waals surface area contributed by atoms with Crippen LogP contribution < -0.4 is 0 Å². The van der Waals surface area contributed by atoms with E-state index in [-0.39, 0.29) is 16.6 Å². The quantitative estimate of drug-likeness (QED) is 0.418. The van der Waals surface area contributed by atoms with E-state index in [1.807, 2.05) is 13.3 Å². The lowest BCUT2D eigenvalue weighted by Gasteiger charge is -2.55. The van der Waals surface area contributed by atoms with Crippen molar-refractivity contribution in [2.45, 2.75) is 82.5 Å². The molecule has 3 fully saturated rings. The van der Waals surface area contributed by atoms with Crippen LogP contribution in [0, 0.1) is 17.3 Å². The first-order valence-corrected chi connectivity index (χ1v) is 12.3. The van der Waals surface area contributed by atoms with Gasteiger partial charge in [0, 0.05) is 19.3 Å². The standard InChI is InChI=1S/C28H40N2O/c1-19(18-29-4)15-20(2)24-9-10-25-26(24,3)12-11-22-16-21-7-8-23(30(5)6)17-27(21)13-14-28(22,25)31-27/h11,15-16,18,23-25H,1,7-10,12-14,17H2,2-6H3/b20-15+,29-18-/t23?,24?,25-,26?,27-,28-/m1/s1. The van der Waals surface area contributed by atoms with Crippen molar-refractivity contribution >= 4 is 6.21 Å². The van der Waals surface area contributed by atoms with Crippen molar-refractivity contribution in [2.24, 2.45) is 22.2 Å². The van der Waals surface area contributed by atoms with Gasteiger partial charge in [0.25, 0.3) is 0 Å². The van der Waals surface area contributed by atoms with Crippen molar-refractivity contribution in [1.82, 2.24) is 4.90 Å². The van der Waals surface area contributed by atoms with Gasteiger partial charge >= 0.3 is 0 Å². The second kappa shape index (κ2) is 7.28. The van der Waals surface area contributed by atoms with E-state index < -0.39 is 0 Å². The minimum Gasteiger partial charge on any atom is -0.359 e. The van der Waals surface area contributed by atoms with Gasteiger partial charge in [0.2, 0.25) is 0 Å². The summed E-state index contributed by atoms with van der Waals surface area (Å²) >= 11 is 0. The van der Waals surface area contributed by atoms with Gasteiger partial charge in [0.15, 0.2) is 0 Å². The second-order valence-corrected chi connectivity index (χ2v) is 11.4. The van der Waals surface area contributed by atoms with E-state index in [1.165, 1.54) is 62.5 Å². The second-order valence-electron chi connectivity index (χ2n) is 11.4. The molecule has 31 heavy (non-hydrogen) atoms. The van der Waals surface area contributed by atoms with Crippen LogP contribution in [0.25, 0.3) is 0 Å². The fraction of sp³-hybridized carbons (Fsp3) is 0.679. The SMILES string of the molecule is C=C(/C=N\C)/C=C(\C)C1CC[C@@H]2C1(C)CC=C1C=C3CCC(N(C)C)C[C@]34CC[C@@]12O4. The normalized spacial score (nSPS) is 44.1. The minimum atomic E-state index is -0.0539. The summed E-state index contributed by atoms with van der Waals surface area (Å²) in [6.45, 7) is 9.03. The molecule has 0 aromatic rings. The van der Waals surface area contributed by atoms with Gasteiger partial charge in [-0.15, -0.1) is 0 Å². The number of rotatable bonds is 4. The molecule has 0 radical (unpaired) electrons. The number of nitrogens with zero attached hydrogens (tertiary/aromatic N) is 2. The van der Waals surface area contributed by atoms with E-state index in [1.54, 1.807) is 5.57 Å². The smallest absolute Gasteiger partial charge is 0.0974 e. The lowest BCUT2D eigenvalue weighted by molar-refractivity contribution is -0.140. The van der Waals surface area contributed by atoms with E-state index in [9.17, 15) is 0 Å². The fourth-order valence-corrected chi connectivity index (χ4v) is 8.17. The van der Waals surface area contributed by atoms with Crippen molar-refractivity contribution in [2.75, 3.05) is 21.1 Å². The Bertz CT molecular complexity index is 908. The molecule has 2 bridgehead atoms. The van der Waals surface area contributed by atoms with Crippen LogP contribution in [0.5, 0.6) is 0 Å². The highest BCUT2D eigenvalue weighted by Gasteiger charge is 2.66. The molecule has 3 aliphatic carbocycles. The average molecular weight is 421 g/mol. The number of aliphatic imine (C=N–C) groups is 1. The number of ether oxygens (including phenoxy) is 1. The average Bonchev–Trinajstić information content (AvgIpc) is 3.23. The first-order valence-electron chi connectivity index (χ1n) is 12.3. The maximum absolute atomic E-state index is 7.37. The maximum Gasteiger partial charge on any atom is 0.0974 e. The maximum atomic E-state index is 7.37. The lowest BCUT2D eigenvalue weighted by atomic mass is 9.58. The van der Waals surface area contributed by atoms with Crippen LogP contribution in [0.15, 0.2) is 52.1 Å². The first kappa shape index (κ1) is 21.4. The third-order valence-corrected chi connectivity index (χ3v) is 9.64. The Morgan fingerprint density at radius 1 is 1.26 bits per heavy atom. The van der Waals surface area contributed by atoms with Gasteiger partial charge in [-0.1, -0.05) is 37.3 Å². The molecule has 2 heterocycles. The number of allylic oxidation sites excluding steroid dienone is 4. The third kappa shape index (κ3) is 3.03. The molecule has 0 amide bonds. The Balaban J connectivity index is 1.49. The molecule has 0 aromatic carbocycles. The summed E-state index contributed by atoms with van der Waals surface area (Å²) in [5.74, 6) is 1.21. The summed E-state index contributed by atoms with van der Waals surface area (Å²) in [6.07, 6.45) is 19.0. The van der Waals surface area contributed by atoms with Crippen LogP contribution >= 0.6 is 0 Å². The summed E-state index contributed by atoms with van der Waals surface area (Å²) in [4.78, 5) is 6.56. The predicted molar refractivity (Wildman–Crippen MR) is 130 cm³/mol. The summed E-state index contributed by atoms with van der Waals surface area (Å²) in [5, 5.41) is 0. The van der Waals surface area contributed by atoms with Crippen LogP contribution in [0.4, 0.5) is 0 Å². The van der Waals surface area contributed by atoms with Gasteiger partial charge in [-0.05, 0) is 106 Å². The number of hydrogen-bond donors (Lipinski definition) is 0. The predicted octanol–water partition coefficient (Wildman–Crippen LogP) is 5.89. The zero-order chi connectivity index (χ0) is 22.0. The van der Waals surface area contributed by atoms with E-state index in [4.69, 9.17) is 4.74 Å². The van der Waals surface area contributed by atoms with Crippen molar-refractivity contribution in [1.29, 1.82) is 0 Å². The van der Waals surface area contributed by atoms with Gasteiger partial charge in [-0.3, -0.25) is 4.99 Å². The third-order valence-electron chi connectivity index (χ3n) is 9.64. The molecule has 3 unspecified atom stereocenters. The molecule has 168 valence electrons. The first-order chi connectivity index (χ1) is 14.7. The zero-order valence-corrected chi connectivity index (χ0v) is 20.2. The minimum absolute atomic E-state index is 0.00236. The van der Waals surface area contributed by atoms with E-state index in [2.05, 4.69) is 62.6 Å². The van der Waals surface area contributed by atoms with E-state index in [0.29, 0.717) is 17.9 Å². The monoisotopic (exact) mass is 420 g/mol. The molecule has 5 aliphatic rings. The number of fused-ring (bicyclic) bond motifs is 1. The van der Waals surface area contributed by atoms with Crippen molar-refractivity contribution < 1.29 is 4.74 Å². The van der Waals surface area contributed by atoms with Crippen molar-refractivity contribution in [3.8, 4) is 0 Å². The Kier molecular flexibility index (Phi) is 5.03. The van der Waals surface area contributed by atoms with Gasteiger partial charge in [-0.2, -0.15) is 0 Å². The van der Waals surface area contributed by atoms with Crippen LogP contribution in [0.1, 0.15) is 65.2 Å². The Hall–Kier alpha value is -1.45. The molecule has 1 saturated heterocycles. The highest BCUT2D eigenvalue weighted by Crippen LogP contribution is 2.68. The van der Waals surface area contributed by atoms with Gasteiger partial charge in [-0.25, -0.2) is 0 Å². The molecular formula is C28H40N2O. The van der Waals surface area contributed by atoms with E-state index >= 15 is 0 Å². The van der Waals surface area contributed by atoms with Crippen LogP contribution in [0.3, 0.4) is 0 Å². The molecule has 2 saturated carbocycles. The van der Waals surface area contributed by atoms with Gasteiger partial charge in [0.05, 0.1) is 11.2 Å². The van der Waals surface area contributed by atoms with E-state index in [0.717, 1.165) is 5.57 Å². The number of hydrogen-bond acceptors (Lipinski definition) is 3. The summed E-state index contributed by atoms with van der Waals surface area (Å²) < 4.78 is 7.37. The van der Waals surface area contributed by atoms with Crippen LogP contribution in [-0.2, 0) is 4.74 Å². The molecule has 3 nitrogen and oxygen atoms in total. The van der Waals surface area contributed by atoms with Crippen molar-refractivity contribution in [3.63, 3.8) is 0 Å². The summed E-state index contributed by atoms with van der Waals surface area (Å²) in [5.41, 5.74) is 5.80. The molecule has 2 aliphatic heterocycles. The van der Waals surface area contributed by atoms with Gasteiger partial charge in [0.1, 0.15) is 0 Å². The Morgan fingerprint density at radius 3 is 2.81 bits per heavy atom. The Morgan fingerprint density at radius 2 is 2.06 bits per heavy atom. The Labute approximate surface area is 189 Å². The van der Waals surface area contributed by atoms with Crippen LogP contribution in [0.2, 0.25) is 0 Å². The molecule has 2 spiro atoms. The zero-order valence-electron chi connectivity index (χ0n) is 20.2. The molecule has 0 N–H and O–H groups in total. The van der Waals surface area contributed by atoms with Crippen molar-refractivity contribution in [3.05, 3.63) is 47.1 Å². The molecule has 6 atom stereocenters. The molecule has 0 aromatic heterocycles. The fourth-order valence-electron chi connectivity index (χ4n) is 8.17. The van der Waals surface area contributed by atoms with Crippen LogP contribution in [-0.4, -0.2) is 49.5 Å². The summed E-state index contributed by atoms with van der Waals surface area (Å²) in [7, 11) is 6.29. The highest BCUT2D eigenvalue weighted by atomic mass is 16.5. The lowest BCUT2D eigenvalue weighted by Crippen LogP contribution is -2.55. The summed E-state index contributed by atoms with van der Waals surface area (Å²) in [6, 6.07) is 0.639. The highest BCUT2D eigenvalue weighted by molar-refractivity contribution is 5.81.